The first kappa shape index (κ1) is 17.9. The maximum absolute atomic E-state index is 12.7. The lowest BCUT2D eigenvalue weighted by atomic mass is 10.0. The number of amides is 2. The summed E-state index contributed by atoms with van der Waals surface area (Å²) >= 11 is 0. The van der Waals surface area contributed by atoms with E-state index >= 15 is 0 Å². The van der Waals surface area contributed by atoms with Gasteiger partial charge in [0.1, 0.15) is 5.41 Å². The van der Waals surface area contributed by atoms with Crippen LogP contribution in [0.3, 0.4) is 0 Å². The highest BCUT2D eigenvalue weighted by Gasteiger charge is 2.57. The first-order chi connectivity index (χ1) is 11.6. The molecule has 0 spiro atoms. The van der Waals surface area contributed by atoms with Gasteiger partial charge in [0.25, 0.3) is 0 Å². The largest absolute Gasteiger partial charge is 0.351 e. The zero-order valence-electron chi connectivity index (χ0n) is 14.8. The standard InChI is InChI=1S/C18H24N2O4S/c1-11-8-12(2)15(13(3)9-11)20-17(22)18(5-6-18)16(21)19-14-4-7-25(23,24)10-14/h8-9,14H,4-7,10H2,1-3H3,(H,19,21)(H,20,22). The van der Waals surface area contributed by atoms with E-state index in [4.69, 9.17) is 0 Å². The molecule has 2 N–H and O–H groups in total. The van der Waals surface area contributed by atoms with Gasteiger partial charge in [-0.2, -0.15) is 0 Å². The molecular formula is C18H24N2O4S. The Morgan fingerprint density at radius 1 is 1.08 bits per heavy atom. The number of carbonyl (C=O) groups excluding carboxylic acids is 2. The minimum atomic E-state index is -3.07. The predicted octanol–water partition coefficient (Wildman–Crippen LogP) is 1.63. The lowest BCUT2D eigenvalue weighted by Crippen LogP contribution is -2.45. The molecule has 2 fully saturated rings. The van der Waals surface area contributed by atoms with Crippen LogP contribution in [0.5, 0.6) is 0 Å². The van der Waals surface area contributed by atoms with Gasteiger partial charge in [-0.1, -0.05) is 17.7 Å². The number of rotatable bonds is 4. The van der Waals surface area contributed by atoms with Crippen LogP contribution < -0.4 is 10.6 Å². The molecule has 0 radical (unpaired) electrons. The van der Waals surface area contributed by atoms with Crippen molar-refractivity contribution in [1.29, 1.82) is 0 Å². The molecule has 6 nitrogen and oxygen atoms in total. The van der Waals surface area contributed by atoms with Crippen LogP contribution in [0.25, 0.3) is 0 Å². The number of anilines is 1. The summed E-state index contributed by atoms with van der Waals surface area (Å²) in [5.41, 5.74) is 2.73. The van der Waals surface area contributed by atoms with Crippen LogP contribution in [-0.2, 0) is 19.4 Å². The maximum atomic E-state index is 12.7. The Bertz CT molecular complexity index is 818. The van der Waals surface area contributed by atoms with Crippen molar-refractivity contribution in [1.82, 2.24) is 5.32 Å². The van der Waals surface area contributed by atoms with Gasteiger partial charge < -0.3 is 10.6 Å². The first-order valence-corrected chi connectivity index (χ1v) is 10.4. The summed E-state index contributed by atoms with van der Waals surface area (Å²) in [5, 5.41) is 5.68. The van der Waals surface area contributed by atoms with Crippen molar-refractivity contribution in [2.24, 2.45) is 5.41 Å². The quantitative estimate of drug-likeness (QED) is 0.795. The summed E-state index contributed by atoms with van der Waals surface area (Å²) in [6.45, 7) is 5.86. The van der Waals surface area contributed by atoms with Gasteiger partial charge in [0.15, 0.2) is 9.84 Å². The van der Waals surface area contributed by atoms with E-state index in [1.807, 2.05) is 32.9 Å². The van der Waals surface area contributed by atoms with Crippen molar-refractivity contribution in [3.63, 3.8) is 0 Å². The third kappa shape index (κ3) is 3.56. The molecule has 1 aromatic carbocycles. The Morgan fingerprint density at radius 3 is 2.16 bits per heavy atom. The molecule has 1 aromatic rings. The van der Waals surface area contributed by atoms with Crippen molar-refractivity contribution in [2.75, 3.05) is 16.8 Å². The zero-order valence-corrected chi connectivity index (χ0v) is 15.6. The highest BCUT2D eigenvalue weighted by molar-refractivity contribution is 7.91. The average Bonchev–Trinajstić information content (AvgIpc) is 3.23. The molecule has 2 aliphatic rings. The third-order valence-electron chi connectivity index (χ3n) is 5.10. The average molecular weight is 364 g/mol. The second-order valence-electron chi connectivity index (χ2n) is 7.38. The van der Waals surface area contributed by atoms with Gasteiger partial charge >= 0.3 is 0 Å². The smallest absolute Gasteiger partial charge is 0.240 e. The molecule has 1 saturated carbocycles. The molecule has 0 bridgehead atoms. The number of hydrogen-bond acceptors (Lipinski definition) is 4. The van der Waals surface area contributed by atoms with E-state index in [1.165, 1.54) is 0 Å². The molecule has 136 valence electrons. The molecule has 2 amide bonds. The SMILES string of the molecule is Cc1cc(C)c(NC(=O)C2(C(=O)NC3CCS(=O)(=O)C3)CC2)c(C)c1. The summed E-state index contributed by atoms with van der Waals surface area (Å²) < 4.78 is 23.1. The molecule has 1 heterocycles. The minimum absolute atomic E-state index is 0.0351. The summed E-state index contributed by atoms with van der Waals surface area (Å²) in [6.07, 6.45) is 1.41. The summed E-state index contributed by atoms with van der Waals surface area (Å²) in [6, 6.07) is 3.60. The van der Waals surface area contributed by atoms with E-state index in [9.17, 15) is 18.0 Å². The molecule has 7 heteroatoms. The molecule has 1 unspecified atom stereocenters. The normalized spacial score (nSPS) is 23.1. The van der Waals surface area contributed by atoms with E-state index in [2.05, 4.69) is 10.6 Å². The molecule has 1 saturated heterocycles. The second-order valence-corrected chi connectivity index (χ2v) is 9.61. The number of sulfone groups is 1. The Morgan fingerprint density at radius 2 is 1.68 bits per heavy atom. The van der Waals surface area contributed by atoms with Crippen LogP contribution in [0, 0.1) is 26.2 Å². The van der Waals surface area contributed by atoms with Crippen LogP contribution in [-0.4, -0.2) is 37.8 Å². The fourth-order valence-corrected chi connectivity index (χ4v) is 5.20. The first-order valence-electron chi connectivity index (χ1n) is 8.54. The lowest BCUT2D eigenvalue weighted by Gasteiger charge is -2.20. The van der Waals surface area contributed by atoms with Crippen molar-refractivity contribution in [2.45, 2.75) is 46.1 Å². The maximum Gasteiger partial charge on any atom is 0.240 e. The summed E-state index contributed by atoms with van der Waals surface area (Å²) in [5.74, 6) is -0.596. The lowest BCUT2D eigenvalue weighted by molar-refractivity contribution is -0.134. The summed E-state index contributed by atoms with van der Waals surface area (Å²) in [7, 11) is -3.07. The summed E-state index contributed by atoms with van der Waals surface area (Å²) in [4.78, 5) is 25.3. The Balaban J connectivity index is 1.71. The van der Waals surface area contributed by atoms with E-state index in [1.54, 1.807) is 0 Å². The topological polar surface area (TPSA) is 92.3 Å². The number of aryl methyl sites for hydroxylation is 3. The zero-order chi connectivity index (χ0) is 18.4. The van der Waals surface area contributed by atoms with Crippen molar-refractivity contribution >= 4 is 27.3 Å². The van der Waals surface area contributed by atoms with E-state index < -0.39 is 15.3 Å². The highest BCUT2D eigenvalue weighted by Crippen LogP contribution is 2.47. The molecule has 1 aliphatic carbocycles. The molecule has 25 heavy (non-hydrogen) atoms. The van der Waals surface area contributed by atoms with Gasteiger partial charge in [-0.05, 0) is 51.2 Å². The second kappa shape index (κ2) is 6.12. The van der Waals surface area contributed by atoms with Crippen LogP contribution >= 0.6 is 0 Å². The molecule has 1 atom stereocenters. The monoisotopic (exact) mass is 364 g/mol. The van der Waals surface area contributed by atoms with Crippen LogP contribution in [0.2, 0.25) is 0 Å². The fraction of sp³-hybridized carbons (Fsp3) is 0.556. The molecule has 1 aliphatic heterocycles. The van der Waals surface area contributed by atoms with Gasteiger partial charge in [0, 0.05) is 11.7 Å². The van der Waals surface area contributed by atoms with Gasteiger partial charge in [-0.3, -0.25) is 9.59 Å². The Hall–Kier alpha value is -1.89. The third-order valence-corrected chi connectivity index (χ3v) is 6.87. The number of nitrogens with one attached hydrogen (secondary N) is 2. The molecular weight excluding hydrogens is 340 g/mol. The van der Waals surface area contributed by atoms with Gasteiger partial charge in [0.2, 0.25) is 11.8 Å². The van der Waals surface area contributed by atoms with Gasteiger partial charge in [-0.15, -0.1) is 0 Å². The number of carbonyl (C=O) groups is 2. The minimum Gasteiger partial charge on any atom is -0.351 e. The van der Waals surface area contributed by atoms with Crippen molar-refractivity contribution in [3.8, 4) is 0 Å². The molecule has 3 rings (SSSR count). The fourth-order valence-electron chi connectivity index (χ4n) is 3.52. The van der Waals surface area contributed by atoms with Crippen LogP contribution in [0.4, 0.5) is 5.69 Å². The van der Waals surface area contributed by atoms with Crippen LogP contribution in [0.15, 0.2) is 12.1 Å². The van der Waals surface area contributed by atoms with Gasteiger partial charge in [0.05, 0.1) is 11.5 Å². The highest BCUT2D eigenvalue weighted by atomic mass is 32.2. The van der Waals surface area contributed by atoms with Crippen molar-refractivity contribution < 1.29 is 18.0 Å². The van der Waals surface area contributed by atoms with Crippen LogP contribution in [0.1, 0.15) is 36.0 Å². The van der Waals surface area contributed by atoms with E-state index in [0.29, 0.717) is 19.3 Å². The van der Waals surface area contributed by atoms with E-state index in [0.717, 1.165) is 22.4 Å². The Kier molecular flexibility index (Phi) is 4.39. The number of hydrogen-bond donors (Lipinski definition) is 2. The van der Waals surface area contributed by atoms with Gasteiger partial charge in [-0.25, -0.2) is 8.42 Å². The van der Waals surface area contributed by atoms with Crippen molar-refractivity contribution in [3.05, 3.63) is 28.8 Å². The molecule has 0 aromatic heterocycles. The Labute approximate surface area is 148 Å². The predicted molar refractivity (Wildman–Crippen MR) is 96.2 cm³/mol. The van der Waals surface area contributed by atoms with E-state index in [-0.39, 0.29) is 29.4 Å². The number of benzene rings is 1.